The molecule has 0 bridgehead atoms. The van der Waals surface area contributed by atoms with Crippen LogP contribution in [0.5, 0.6) is 0 Å². The topological polar surface area (TPSA) is 58.1 Å². The number of nitrogens with zero attached hydrogens (tertiary/aromatic N) is 2. The minimum atomic E-state index is -4.66. The Labute approximate surface area is 186 Å². The van der Waals surface area contributed by atoms with E-state index in [-0.39, 0.29) is 11.9 Å². The lowest BCUT2D eigenvalue weighted by Crippen LogP contribution is -2.37. The zero-order valence-corrected chi connectivity index (χ0v) is 17.8. The number of para-hydroxylation sites is 1. The smallest absolute Gasteiger partial charge is 0.306 e. The van der Waals surface area contributed by atoms with E-state index in [9.17, 15) is 22.8 Å². The molecule has 0 radical (unpaired) electrons. The van der Waals surface area contributed by atoms with Gasteiger partial charge in [-0.15, -0.1) is 0 Å². The molecule has 2 heterocycles. The van der Waals surface area contributed by atoms with Crippen molar-refractivity contribution in [3.63, 3.8) is 0 Å². The molecule has 0 spiro atoms. The van der Waals surface area contributed by atoms with Crippen molar-refractivity contribution in [3.05, 3.63) is 85.5 Å². The molecule has 9 heteroatoms. The summed E-state index contributed by atoms with van der Waals surface area (Å²) in [6.07, 6.45) is -1.11. The molecule has 0 atom stereocenters. The third-order valence-corrected chi connectivity index (χ3v) is 5.94. The molecule has 1 aromatic heterocycles. The molecule has 0 fully saturated rings. The first kappa shape index (κ1) is 22.4. The van der Waals surface area contributed by atoms with Gasteiger partial charge in [0.25, 0.3) is 5.56 Å². The average Bonchev–Trinajstić information content (AvgIpc) is 2.76. The summed E-state index contributed by atoms with van der Waals surface area (Å²) in [5, 5.41) is 0.549. The number of benzene rings is 2. The van der Waals surface area contributed by atoms with Crippen molar-refractivity contribution in [2.75, 3.05) is 19.6 Å². The standard InChI is InChI=1S/C23H21ClF3N3O2/c24-17-7-5-15(6-8-17)16-9-13-29(14-10-16)11-2-12-30-21(31)18-3-1-4-19(23(25,26)27)20(18)28-22(30)32/h1,3-9H,2,10-14H2,(H,28,32). The van der Waals surface area contributed by atoms with Crippen LogP contribution in [0.2, 0.25) is 5.02 Å². The molecular weight excluding hydrogens is 443 g/mol. The number of fused-ring (bicyclic) bond motifs is 1. The highest BCUT2D eigenvalue weighted by Crippen LogP contribution is 2.32. The van der Waals surface area contributed by atoms with Crippen LogP contribution < -0.4 is 11.2 Å². The molecule has 1 aliphatic heterocycles. The molecular formula is C23H21ClF3N3O2. The molecule has 32 heavy (non-hydrogen) atoms. The maximum absolute atomic E-state index is 13.2. The number of aromatic amines is 1. The summed E-state index contributed by atoms with van der Waals surface area (Å²) < 4.78 is 40.6. The second kappa shape index (κ2) is 8.96. The van der Waals surface area contributed by atoms with Crippen molar-refractivity contribution in [1.82, 2.24) is 14.5 Å². The number of aromatic nitrogens is 2. The van der Waals surface area contributed by atoms with Gasteiger partial charge in [-0.3, -0.25) is 14.3 Å². The van der Waals surface area contributed by atoms with Crippen LogP contribution in [0, 0.1) is 0 Å². The van der Waals surface area contributed by atoms with Crippen molar-refractivity contribution >= 4 is 28.1 Å². The van der Waals surface area contributed by atoms with Gasteiger partial charge < -0.3 is 4.98 Å². The number of rotatable bonds is 5. The zero-order chi connectivity index (χ0) is 22.9. The first-order valence-electron chi connectivity index (χ1n) is 10.2. The highest BCUT2D eigenvalue weighted by Gasteiger charge is 2.33. The molecule has 0 aliphatic carbocycles. The van der Waals surface area contributed by atoms with Crippen LogP contribution in [0.4, 0.5) is 13.2 Å². The normalized spacial score (nSPS) is 15.2. The van der Waals surface area contributed by atoms with Gasteiger partial charge in [0, 0.05) is 31.2 Å². The van der Waals surface area contributed by atoms with E-state index in [0.29, 0.717) is 18.0 Å². The SMILES string of the molecule is O=c1[nH]c2c(C(F)(F)F)cccc2c(=O)n1CCCN1CC=C(c2ccc(Cl)cc2)CC1. The Bertz CT molecular complexity index is 1280. The molecule has 2 aromatic carbocycles. The van der Waals surface area contributed by atoms with Gasteiger partial charge in [-0.2, -0.15) is 13.2 Å². The minimum absolute atomic E-state index is 0.130. The molecule has 1 aliphatic rings. The second-order valence-corrected chi connectivity index (χ2v) is 8.19. The van der Waals surface area contributed by atoms with Crippen molar-refractivity contribution in [1.29, 1.82) is 0 Å². The Hall–Kier alpha value is -2.84. The Morgan fingerprint density at radius 3 is 2.44 bits per heavy atom. The molecule has 3 aromatic rings. The van der Waals surface area contributed by atoms with Crippen molar-refractivity contribution in [2.24, 2.45) is 0 Å². The third-order valence-electron chi connectivity index (χ3n) is 5.69. The van der Waals surface area contributed by atoms with Crippen molar-refractivity contribution < 1.29 is 13.2 Å². The summed E-state index contributed by atoms with van der Waals surface area (Å²) in [6.45, 7) is 2.38. The molecule has 1 N–H and O–H groups in total. The molecule has 5 nitrogen and oxygen atoms in total. The molecule has 4 rings (SSSR count). The summed E-state index contributed by atoms with van der Waals surface area (Å²) >= 11 is 5.94. The van der Waals surface area contributed by atoms with E-state index in [0.717, 1.165) is 35.7 Å². The van der Waals surface area contributed by atoms with E-state index in [2.05, 4.69) is 16.0 Å². The third kappa shape index (κ3) is 4.66. The monoisotopic (exact) mass is 463 g/mol. The van der Waals surface area contributed by atoms with Crippen LogP contribution in [0.25, 0.3) is 16.5 Å². The number of halogens is 4. The fourth-order valence-corrected chi connectivity index (χ4v) is 4.14. The van der Waals surface area contributed by atoms with E-state index in [1.807, 2.05) is 24.3 Å². The summed E-state index contributed by atoms with van der Waals surface area (Å²) in [5.41, 5.74) is -0.640. The van der Waals surface area contributed by atoms with E-state index in [1.54, 1.807) is 0 Å². The van der Waals surface area contributed by atoms with Crippen LogP contribution in [-0.2, 0) is 12.7 Å². The largest absolute Gasteiger partial charge is 0.418 e. The van der Waals surface area contributed by atoms with Crippen LogP contribution >= 0.6 is 11.6 Å². The number of alkyl halides is 3. The summed E-state index contributed by atoms with van der Waals surface area (Å²) in [7, 11) is 0. The van der Waals surface area contributed by atoms with Gasteiger partial charge in [0.1, 0.15) is 0 Å². The Morgan fingerprint density at radius 2 is 1.78 bits per heavy atom. The number of H-pyrrole nitrogens is 1. The van der Waals surface area contributed by atoms with Gasteiger partial charge in [-0.25, -0.2) is 4.79 Å². The average molecular weight is 464 g/mol. The maximum atomic E-state index is 13.2. The molecule has 0 saturated heterocycles. The molecule has 168 valence electrons. The summed E-state index contributed by atoms with van der Waals surface area (Å²) in [6, 6.07) is 11.0. The lowest BCUT2D eigenvalue weighted by Gasteiger charge is -2.26. The maximum Gasteiger partial charge on any atom is 0.418 e. The predicted octanol–water partition coefficient (Wildman–Crippen LogP) is 4.54. The number of hydrogen-bond donors (Lipinski definition) is 1. The van der Waals surface area contributed by atoms with E-state index in [1.165, 1.54) is 17.7 Å². The molecule has 0 saturated carbocycles. The van der Waals surface area contributed by atoms with Crippen molar-refractivity contribution in [2.45, 2.75) is 25.6 Å². The fraction of sp³-hybridized carbons (Fsp3) is 0.304. The van der Waals surface area contributed by atoms with E-state index in [4.69, 9.17) is 11.6 Å². The van der Waals surface area contributed by atoms with Gasteiger partial charge in [0.05, 0.1) is 16.5 Å². The van der Waals surface area contributed by atoms with Crippen LogP contribution in [-0.4, -0.2) is 34.1 Å². The Balaban J connectivity index is 1.44. The van der Waals surface area contributed by atoms with Crippen LogP contribution in [0.15, 0.2) is 58.1 Å². The summed E-state index contributed by atoms with van der Waals surface area (Å²) in [5.74, 6) is 0. The Morgan fingerprint density at radius 1 is 1.03 bits per heavy atom. The lowest BCUT2D eigenvalue weighted by atomic mass is 9.99. The highest BCUT2D eigenvalue weighted by atomic mass is 35.5. The van der Waals surface area contributed by atoms with Gasteiger partial charge in [0.15, 0.2) is 0 Å². The first-order chi connectivity index (χ1) is 15.2. The lowest BCUT2D eigenvalue weighted by molar-refractivity contribution is -0.136. The van der Waals surface area contributed by atoms with Gasteiger partial charge in [0.2, 0.25) is 0 Å². The van der Waals surface area contributed by atoms with Gasteiger partial charge in [-0.05, 0) is 48.2 Å². The van der Waals surface area contributed by atoms with Crippen molar-refractivity contribution in [3.8, 4) is 0 Å². The van der Waals surface area contributed by atoms with E-state index < -0.39 is 28.5 Å². The van der Waals surface area contributed by atoms with E-state index >= 15 is 0 Å². The van der Waals surface area contributed by atoms with Gasteiger partial charge in [-0.1, -0.05) is 35.9 Å². The quantitative estimate of drug-likeness (QED) is 0.604. The first-order valence-corrected chi connectivity index (χ1v) is 10.6. The van der Waals surface area contributed by atoms with Crippen LogP contribution in [0.1, 0.15) is 24.0 Å². The second-order valence-electron chi connectivity index (χ2n) is 7.75. The molecule has 0 amide bonds. The fourth-order valence-electron chi connectivity index (χ4n) is 4.01. The summed E-state index contributed by atoms with van der Waals surface area (Å²) in [4.78, 5) is 29.5. The highest BCUT2D eigenvalue weighted by molar-refractivity contribution is 6.30. The van der Waals surface area contributed by atoms with Crippen LogP contribution in [0.3, 0.4) is 0 Å². The van der Waals surface area contributed by atoms with Gasteiger partial charge >= 0.3 is 11.9 Å². The number of hydrogen-bond acceptors (Lipinski definition) is 3. The number of nitrogens with one attached hydrogen (secondary N) is 1. The minimum Gasteiger partial charge on any atom is -0.306 e. The zero-order valence-electron chi connectivity index (χ0n) is 17.1. The predicted molar refractivity (Wildman–Crippen MR) is 119 cm³/mol. The molecule has 0 unspecified atom stereocenters. The Kier molecular flexibility index (Phi) is 6.26.